The number of esters is 2. The predicted octanol–water partition coefficient (Wildman–Crippen LogP) is -2.65. The Morgan fingerprint density at radius 3 is 1.77 bits per heavy atom. The lowest BCUT2D eigenvalue weighted by atomic mass is 10.2. The first-order valence-corrected chi connectivity index (χ1v) is 8.39. The van der Waals surface area contributed by atoms with Gasteiger partial charge < -0.3 is 35.6 Å². The van der Waals surface area contributed by atoms with Crippen molar-refractivity contribution in [3.63, 3.8) is 0 Å². The van der Waals surface area contributed by atoms with Crippen molar-refractivity contribution in [2.75, 3.05) is 13.7 Å². The fraction of sp³-hybridized carbons (Fsp3) is 0.625. The Morgan fingerprint density at radius 2 is 1.43 bits per heavy atom. The third kappa shape index (κ3) is 13.1. The Balaban J connectivity index is 0. The van der Waals surface area contributed by atoms with E-state index < -0.39 is 66.5 Å². The Labute approximate surface area is 170 Å². The molecule has 7 N–H and O–H groups in total. The second-order valence-corrected chi connectivity index (χ2v) is 5.81. The van der Waals surface area contributed by atoms with Crippen LogP contribution in [0.4, 0.5) is 0 Å². The molecule has 0 fully saturated rings. The van der Waals surface area contributed by atoms with Crippen LogP contribution in [0.1, 0.15) is 26.7 Å². The van der Waals surface area contributed by atoms with E-state index in [2.05, 4.69) is 14.8 Å². The highest BCUT2D eigenvalue weighted by atomic mass is 16.5. The smallest absolute Gasteiger partial charge is 0.373 e. The highest BCUT2D eigenvalue weighted by Crippen LogP contribution is 1.98. The first-order chi connectivity index (χ1) is 13.7. The molecule has 0 spiro atoms. The van der Waals surface area contributed by atoms with Gasteiger partial charge in [-0.1, -0.05) is 0 Å². The van der Waals surface area contributed by atoms with Gasteiger partial charge in [-0.25, -0.2) is 4.79 Å². The Bertz CT molecular complexity index is 634. The lowest BCUT2D eigenvalue weighted by molar-refractivity contribution is -0.153. The summed E-state index contributed by atoms with van der Waals surface area (Å²) in [5.74, 6) is -6.98. The van der Waals surface area contributed by atoms with Crippen LogP contribution in [0.15, 0.2) is 0 Å². The van der Waals surface area contributed by atoms with Gasteiger partial charge in [0.05, 0.1) is 32.1 Å². The van der Waals surface area contributed by atoms with Gasteiger partial charge in [0.1, 0.15) is 18.7 Å². The molecule has 0 aliphatic heterocycles. The quantitative estimate of drug-likeness (QED) is 0.135. The van der Waals surface area contributed by atoms with Crippen LogP contribution in [-0.4, -0.2) is 94.0 Å². The van der Waals surface area contributed by atoms with Crippen LogP contribution in [-0.2, 0) is 38.2 Å². The van der Waals surface area contributed by atoms with Crippen molar-refractivity contribution in [1.82, 2.24) is 5.32 Å². The van der Waals surface area contributed by atoms with Crippen molar-refractivity contribution in [1.29, 1.82) is 0 Å². The molecule has 14 heteroatoms. The van der Waals surface area contributed by atoms with Gasteiger partial charge in [0.2, 0.25) is 0 Å². The number of Topliss-reactive ketones (excluding diaryl/α,β-unsaturated/α-hetero) is 1. The Kier molecular flexibility index (Phi) is 14.4. The number of nitrogens with two attached hydrogens (primary N) is 1. The van der Waals surface area contributed by atoms with E-state index in [1.807, 2.05) is 0 Å². The van der Waals surface area contributed by atoms with Gasteiger partial charge in [-0.15, -0.1) is 0 Å². The van der Waals surface area contributed by atoms with Gasteiger partial charge in [0.15, 0.2) is 0 Å². The van der Waals surface area contributed by atoms with Gasteiger partial charge in [-0.3, -0.25) is 29.3 Å². The number of hydrogen-bond acceptors (Lipinski definition) is 11. The molecule has 0 amide bonds. The van der Waals surface area contributed by atoms with E-state index in [0.29, 0.717) is 0 Å². The number of nitrogens with one attached hydrogen (secondary N) is 1. The van der Waals surface area contributed by atoms with Gasteiger partial charge in [-0.05, 0) is 13.8 Å². The molecular formula is C16H26N2O12. The zero-order valence-electron chi connectivity index (χ0n) is 16.6. The second-order valence-electron chi connectivity index (χ2n) is 5.81. The molecule has 0 aromatic heterocycles. The molecule has 0 aromatic carbocycles. The maximum atomic E-state index is 11.3. The molecular weight excluding hydrogens is 412 g/mol. The molecule has 0 aliphatic carbocycles. The van der Waals surface area contributed by atoms with Crippen LogP contribution in [0.25, 0.3) is 0 Å². The number of hydrogen-bond donors (Lipinski definition) is 6. The molecule has 0 radical (unpaired) electrons. The number of carbonyl (C=O) groups excluding carboxylic acids is 3. The minimum absolute atomic E-state index is 0.214. The monoisotopic (exact) mass is 438 g/mol. The lowest BCUT2D eigenvalue weighted by Gasteiger charge is -2.18. The summed E-state index contributed by atoms with van der Waals surface area (Å²) in [6.07, 6.45) is -1.48. The van der Waals surface area contributed by atoms with E-state index in [-0.39, 0.29) is 12.8 Å². The molecule has 1 unspecified atom stereocenters. The maximum Gasteiger partial charge on any atom is 0.373 e. The fourth-order valence-electron chi connectivity index (χ4n) is 1.51. The highest BCUT2D eigenvalue weighted by Gasteiger charge is 2.27. The molecule has 0 rings (SSSR count). The number of methoxy groups -OCH3 is 1. The normalized spacial score (nSPS) is 14.0. The molecule has 14 nitrogen and oxygen atoms in total. The third-order valence-electron chi connectivity index (χ3n) is 3.33. The van der Waals surface area contributed by atoms with Crippen LogP contribution in [0.3, 0.4) is 0 Å². The largest absolute Gasteiger partial charge is 0.480 e. The number of carboxylic acid groups (broad SMARTS) is 3. The first-order valence-electron chi connectivity index (χ1n) is 8.39. The summed E-state index contributed by atoms with van der Waals surface area (Å²) in [6, 6.07) is -3.89. The van der Waals surface area contributed by atoms with Gasteiger partial charge >= 0.3 is 29.8 Å². The van der Waals surface area contributed by atoms with E-state index in [4.69, 9.17) is 26.2 Å². The molecule has 0 heterocycles. The summed E-state index contributed by atoms with van der Waals surface area (Å²) in [6.45, 7) is 1.89. The van der Waals surface area contributed by atoms with Crippen molar-refractivity contribution < 1.29 is 58.7 Å². The first kappa shape index (κ1) is 29.1. The SMILES string of the molecule is COC(=O)CCC(=O)OC[C@H](NC(C)C(=O)C(=O)O)C(=O)O.C[C@@H](O)[C@H](N)C(=O)O. The molecule has 0 saturated heterocycles. The van der Waals surface area contributed by atoms with Gasteiger partial charge in [-0.2, -0.15) is 0 Å². The summed E-state index contributed by atoms with van der Waals surface area (Å²) < 4.78 is 8.97. The highest BCUT2D eigenvalue weighted by molar-refractivity contribution is 6.34. The zero-order valence-corrected chi connectivity index (χ0v) is 16.6. The summed E-state index contributed by atoms with van der Waals surface area (Å²) in [5.41, 5.74) is 4.91. The van der Waals surface area contributed by atoms with Gasteiger partial charge in [0, 0.05) is 0 Å². The van der Waals surface area contributed by atoms with Crippen molar-refractivity contribution in [2.45, 2.75) is 50.9 Å². The van der Waals surface area contributed by atoms with Gasteiger partial charge in [0.25, 0.3) is 5.78 Å². The average Bonchev–Trinajstić information content (AvgIpc) is 2.67. The number of aliphatic hydroxyl groups excluding tert-OH is 1. The van der Waals surface area contributed by atoms with Crippen molar-refractivity contribution in [3.05, 3.63) is 0 Å². The minimum atomic E-state index is -1.71. The number of ketones is 1. The number of carboxylic acids is 3. The number of ether oxygens (including phenoxy) is 2. The van der Waals surface area contributed by atoms with E-state index in [0.717, 1.165) is 7.11 Å². The van der Waals surface area contributed by atoms with E-state index in [1.165, 1.54) is 13.8 Å². The van der Waals surface area contributed by atoms with E-state index in [1.54, 1.807) is 0 Å². The number of aliphatic carboxylic acids is 3. The molecule has 0 bridgehead atoms. The summed E-state index contributed by atoms with van der Waals surface area (Å²) in [7, 11) is 1.15. The molecule has 30 heavy (non-hydrogen) atoms. The van der Waals surface area contributed by atoms with Crippen molar-refractivity contribution in [3.8, 4) is 0 Å². The second kappa shape index (κ2) is 14.8. The van der Waals surface area contributed by atoms with Crippen LogP contribution < -0.4 is 11.1 Å². The fourth-order valence-corrected chi connectivity index (χ4v) is 1.51. The molecule has 0 saturated carbocycles. The van der Waals surface area contributed by atoms with E-state index in [9.17, 15) is 28.8 Å². The number of rotatable bonds is 12. The maximum absolute atomic E-state index is 11.3. The number of aliphatic hydroxyl groups is 1. The van der Waals surface area contributed by atoms with Crippen molar-refractivity contribution in [2.24, 2.45) is 5.73 Å². The lowest BCUT2D eigenvalue weighted by Crippen LogP contribution is -2.49. The van der Waals surface area contributed by atoms with Crippen molar-refractivity contribution >= 4 is 35.6 Å². The van der Waals surface area contributed by atoms with Crippen LogP contribution in [0, 0.1) is 0 Å². The predicted molar refractivity (Wildman–Crippen MR) is 96.2 cm³/mol. The molecule has 0 aromatic rings. The zero-order chi connectivity index (χ0) is 24.0. The topological polar surface area (TPSA) is 240 Å². The summed E-state index contributed by atoms with van der Waals surface area (Å²) in [4.78, 5) is 64.6. The molecule has 0 aliphatic rings. The van der Waals surface area contributed by atoms with Crippen LogP contribution in [0.2, 0.25) is 0 Å². The standard InChI is InChI=1S/C12H17NO9.C4H9NO3/c1-6(10(16)12(19)20)13-7(11(17)18)5-22-9(15)4-3-8(14)21-2;1-2(6)3(5)4(7)8/h6-7,13H,3-5H2,1-2H3,(H,17,18)(H,19,20);2-3,6H,5H2,1H3,(H,7,8)/t6?,7-;2-,3+/m01/s1. The third-order valence-corrected chi connectivity index (χ3v) is 3.33. The number of carbonyl (C=O) groups is 6. The van der Waals surface area contributed by atoms with Crippen LogP contribution >= 0.6 is 0 Å². The van der Waals surface area contributed by atoms with E-state index >= 15 is 0 Å². The molecule has 4 atom stereocenters. The minimum Gasteiger partial charge on any atom is -0.480 e. The summed E-state index contributed by atoms with van der Waals surface area (Å²) in [5, 5.41) is 36.2. The molecule has 172 valence electrons. The summed E-state index contributed by atoms with van der Waals surface area (Å²) >= 11 is 0. The Hall–Kier alpha value is -3.10. The Morgan fingerprint density at radius 1 is 0.933 bits per heavy atom. The average molecular weight is 438 g/mol. The van der Waals surface area contributed by atoms with Crippen LogP contribution in [0.5, 0.6) is 0 Å².